The molecule has 2 heteroatoms. The standard InChI is InChI=1S/C20H38O2/c1-4-6-8-9-10-11-12-13-14-15-16-17-19(3)20(21)22-18-7-5-2/h3-18H2,1-2H3. The molecule has 2 nitrogen and oxygen atoms in total. The van der Waals surface area contributed by atoms with E-state index < -0.39 is 0 Å². The summed E-state index contributed by atoms with van der Waals surface area (Å²) in [5.74, 6) is -0.194. The van der Waals surface area contributed by atoms with Gasteiger partial charge in [0.25, 0.3) is 0 Å². The zero-order chi connectivity index (χ0) is 16.5. The Balaban J connectivity index is 3.28. The Kier molecular flexibility index (Phi) is 16.0. The highest BCUT2D eigenvalue weighted by atomic mass is 16.5. The zero-order valence-electron chi connectivity index (χ0n) is 15.1. The number of ether oxygens (including phenoxy) is 1. The number of rotatable bonds is 16. The molecule has 130 valence electrons. The van der Waals surface area contributed by atoms with Crippen LogP contribution in [-0.4, -0.2) is 12.6 Å². The van der Waals surface area contributed by atoms with Gasteiger partial charge in [-0.15, -0.1) is 0 Å². The van der Waals surface area contributed by atoms with Gasteiger partial charge in [-0.3, -0.25) is 0 Å². The van der Waals surface area contributed by atoms with Crippen LogP contribution in [0.25, 0.3) is 0 Å². The largest absolute Gasteiger partial charge is 0.462 e. The maximum atomic E-state index is 11.6. The highest BCUT2D eigenvalue weighted by Crippen LogP contribution is 2.14. The SMILES string of the molecule is C=C(CCCCCCCCCCCCC)C(=O)OCCCC. The fraction of sp³-hybridized carbons (Fsp3) is 0.850. The van der Waals surface area contributed by atoms with Crippen molar-refractivity contribution in [1.29, 1.82) is 0 Å². The third kappa shape index (κ3) is 14.2. The van der Waals surface area contributed by atoms with E-state index in [0.717, 1.165) is 25.7 Å². The van der Waals surface area contributed by atoms with E-state index in [1.807, 2.05) is 0 Å². The normalized spacial score (nSPS) is 10.6. The van der Waals surface area contributed by atoms with E-state index >= 15 is 0 Å². The monoisotopic (exact) mass is 310 g/mol. The highest BCUT2D eigenvalue weighted by molar-refractivity contribution is 5.87. The Hall–Kier alpha value is -0.790. The fourth-order valence-electron chi connectivity index (χ4n) is 2.52. The Labute approximate surface area is 138 Å². The first-order valence-corrected chi connectivity index (χ1v) is 9.57. The second-order valence-electron chi connectivity index (χ2n) is 6.38. The van der Waals surface area contributed by atoms with Gasteiger partial charge in [0.15, 0.2) is 0 Å². The van der Waals surface area contributed by atoms with Gasteiger partial charge in [-0.1, -0.05) is 91.1 Å². The molecule has 0 rings (SSSR count). The van der Waals surface area contributed by atoms with Crippen molar-refractivity contribution in [2.75, 3.05) is 6.61 Å². The average molecular weight is 311 g/mol. The number of esters is 1. The van der Waals surface area contributed by atoms with E-state index in [-0.39, 0.29) is 5.97 Å². The summed E-state index contributed by atoms with van der Waals surface area (Å²) in [4.78, 5) is 11.6. The van der Waals surface area contributed by atoms with Gasteiger partial charge in [0.1, 0.15) is 0 Å². The van der Waals surface area contributed by atoms with Gasteiger partial charge in [-0.2, -0.15) is 0 Å². The van der Waals surface area contributed by atoms with Crippen molar-refractivity contribution in [3.63, 3.8) is 0 Å². The number of hydrogen-bond donors (Lipinski definition) is 0. The van der Waals surface area contributed by atoms with Gasteiger partial charge in [0.2, 0.25) is 0 Å². The summed E-state index contributed by atoms with van der Waals surface area (Å²) in [6.07, 6.45) is 17.4. The van der Waals surface area contributed by atoms with Gasteiger partial charge in [0.05, 0.1) is 6.61 Å². The predicted octanol–water partition coefficient (Wildman–Crippen LogP) is 6.59. The van der Waals surface area contributed by atoms with Gasteiger partial charge in [-0.05, 0) is 19.3 Å². The quantitative estimate of drug-likeness (QED) is 0.183. The second-order valence-corrected chi connectivity index (χ2v) is 6.38. The van der Waals surface area contributed by atoms with Crippen molar-refractivity contribution in [2.24, 2.45) is 0 Å². The van der Waals surface area contributed by atoms with Crippen molar-refractivity contribution in [1.82, 2.24) is 0 Å². The zero-order valence-corrected chi connectivity index (χ0v) is 15.1. The van der Waals surface area contributed by atoms with E-state index in [2.05, 4.69) is 20.4 Å². The summed E-state index contributed by atoms with van der Waals surface area (Å²) in [5, 5.41) is 0. The molecule has 0 aromatic rings. The molecule has 0 radical (unpaired) electrons. The number of carbonyl (C=O) groups excluding carboxylic acids is 1. The van der Waals surface area contributed by atoms with E-state index in [4.69, 9.17) is 4.74 Å². The lowest BCUT2D eigenvalue weighted by Crippen LogP contribution is -2.08. The molecule has 0 fully saturated rings. The molecule has 0 spiro atoms. The third-order valence-electron chi connectivity index (χ3n) is 4.10. The van der Waals surface area contributed by atoms with E-state index in [9.17, 15) is 4.79 Å². The summed E-state index contributed by atoms with van der Waals surface area (Å²) in [7, 11) is 0. The number of hydrogen-bond acceptors (Lipinski definition) is 2. The lowest BCUT2D eigenvalue weighted by molar-refractivity contribution is -0.139. The maximum Gasteiger partial charge on any atom is 0.333 e. The molecular weight excluding hydrogens is 272 g/mol. The van der Waals surface area contributed by atoms with Crippen LogP contribution in [0, 0.1) is 0 Å². The van der Waals surface area contributed by atoms with Crippen molar-refractivity contribution < 1.29 is 9.53 Å². The van der Waals surface area contributed by atoms with Crippen molar-refractivity contribution >= 4 is 5.97 Å². The van der Waals surface area contributed by atoms with Crippen LogP contribution in [0.15, 0.2) is 12.2 Å². The summed E-state index contributed by atoms with van der Waals surface area (Å²) in [6.45, 7) is 8.73. The minimum atomic E-state index is -0.194. The first-order chi connectivity index (χ1) is 10.7. The third-order valence-corrected chi connectivity index (χ3v) is 4.10. The molecule has 0 saturated carbocycles. The molecule has 0 atom stereocenters. The van der Waals surface area contributed by atoms with Crippen LogP contribution >= 0.6 is 0 Å². The molecule has 0 bridgehead atoms. The molecule has 0 aliphatic carbocycles. The van der Waals surface area contributed by atoms with Gasteiger partial charge < -0.3 is 4.74 Å². The predicted molar refractivity (Wildman–Crippen MR) is 96.1 cm³/mol. The van der Waals surface area contributed by atoms with Crippen molar-refractivity contribution in [2.45, 2.75) is 104 Å². The van der Waals surface area contributed by atoms with Gasteiger partial charge in [-0.25, -0.2) is 4.79 Å². The van der Waals surface area contributed by atoms with E-state index in [1.54, 1.807) is 0 Å². The summed E-state index contributed by atoms with van der Waals surface area (Å²) in [6, 6.07) is 0. The average Bonchev–Trinajstić information content (AvgIpc) is 2.52. The first kappa shape index (κ1) is 21.2. The molecule has 0 saturated heterocycles. The van der Waals surface area contributed by atoms with Crippen LogP contribution in [-0.2, 0) is 9.53 Å². The number of unbranched alkanes of at least 4 members (excludes halogenated alkanes) is 11. The molecular formula is C20H38O2. The molecule has 0 N–H and O–H groups in total. The van der Waals surface area contributed by atoms with Crippen LogP contribution in [0.4, 0.5) is 0 Å². The molecule has 0 aromatic heterocycles. The molecule has 0 aliphatic heterocycles. The summed E-state index contributed by atoms with van der Waals surface area (Å²) < 4.78 is 5.16. The van der Waals surface area contributed by atoms with Crippen molar-refractivity contribution in [3.05, 3.63) is 12.2 Å². The second kappa shape index (κ2) is 16.6. The molecule has 0 aromatic carbocycles. The number of carbonyl (C=O) groups is 1. The summed E-state index contributed by atoms with van der Waals surface area (Å²) in [5.41, 5.74) is 0.645. The lowest BCUT2D eigenvalue weighted by Gasteiger charge is -2.06. The minimum Gasteiger partial charge on any atom is -0.462 e. The lowest BCUT2D eigenvalue weighted by atomic mass is 10.0. The molecule has 0 aliphatic rings. The van der Waals surface area contributed by atoms with E-state index in [1.165, 1.54) is 64.2 Å². The first-order valence-electron chi connectivity index (χ1n) is 9.57. The Bertz CT molecular complexity index is 271. The Morgan fingerprint density at radius 1 is 0.727 bits per heavy atom. The topological polar surface area (TPSA) is 26.3 Å². The van der Waals surface area contributed by atoms with Crippen LogP contribution in [0.5, 0.6) is 0 Å². The fourth-order valence-corrected chi connectivity index (χ4v) is 2.52. The highest BCUT2D eigenvalue weighted by Gasteiger charge is 2.07. The van der Waals surface area contributed by atoms with Gasteiger partial charge >= 0.3 is 5.97 Å². The summed E-state index contributed by atoms with van der Waals surface area (Å²) >= 11 is 0. The van der Waals surface area contributed by atoms with Crippen LogP contribution in [0.1, 0.15) is 104 Å². The molecule has 0 amide bonds. The molecule has 22 heavy (non-hydrogen) atoms. The maximum absolute atomic E-state index is 11.6. The minimum absolute atomic E-state index is 0.194. The van der Waals surface area contributed by atoms with Crippen molar-refractivity contribution in [3.8, 4) is 0 Å². The Morgan fingerprint density at radius 2 is 1.18 bits per heavy atom. The van der Waals surface area contributed by atoms with Crippen LogP contribution in [0.2, 0.25) is 0 Å². The molecule has 0 unspecified atom stereocenters. The Morgan fingerprint density at radius 3 is 1.68 bits per heavy atom. The van der Waals surface area contributed by atoms with Crippen LogP contribution in [0.3, 0.4) is 0 Å². The smallest absolute Gasteiger partial charge is 0.333 e. The molecule has 0 heterocycles. The van der Waals surface area contributed by atoms with Crippen LogP contribution < -0.4 is 0 Å². The van der Waals surface area contributed by atoms with Gasteiger partial charge in [0, 0.05) is 5.57 Å². The van der Waals surface area contributed by atoms with E-state index in [0.29, 0.717) is 12.2 Å².